The molecule has 33 heavy (non-hydrogen) atoms. The molecule has 2 heterocycles. The third-order valence-corrected chi connectivity index (χ3v) is 5.45. The van der Waals surface area contributed by atoms with E-state index in [9.17, 15) is 14.6 Å². The Morgan fingerprint density at radius 1 is 1.21 bits per heavy atom. The van der Waals surface area contributed by atoms with E-state index in [-0.39, 0.29) is 18.0 Å². The Balaban J connectivity index is 1.76. The molecule has 0 unspecified atom stereocenters. The van der Waals surface area contributed by atoms with Gasteiger partial charge in [-0.25, -0.2) is 0 Å². The van der Waals surface area contributed by atoms with E-state index in [0.717, 1.165) is 12.1 Å². The Kier molecular flexibility index (Phi) is 9.29. The lowest BCUT2D eigenvalue weighted by Crippen LogP contribution is -2.52. The third-order valence-electron chi connectivity index (χ3n) is 5.45. The fraction of sp³-hybridized carbons (Fsp3) is 0.500. The van der Waals surface area contributed by atoms with Gasteiger partial charge in [0.15, 0.2) is 0 Å². The highest BCUT2D eigenvalue weighted by atomic mass is 16.5. The van der Waals surface area contributed by atoms with Crippen molar-refractivity contribution in [2.24, 2.45) is 0 Å². The van der Waals surface area contributed by atoms with Crippen LogP contribution in [0.15, 0.2) is 41.3 Å². The molecule has 10 nitrogen and oxygen atoms in total. The second-order valence-electron chi connectivity index (χ2n) is 7.86. The van der Waals surface area contributed by atoms with Gasteiger partial charge in [-0.2, -0.15) is 9.78 Å². The van der Waals surface area contributed by atoms with Gasteiger partial charge in [0.2, 0.25) is 5.91 Å². The fourth-order valence-corrected chi connectivity index (χ4v) is 3.68. The van der Waals surface area contributed by atoms with Crippen LogP contribution in [0, 0.1) is 0 Å². The van der Waals surface area contributed by atoms with Gasteiger partial charge in [-0.05, 0) is 32.3 Å². The molecule has 1 aromatic heterocycles. The molecule has 0 atom stereocenters. The molecule has 11 heteroatoms. The Morgan fingerprint density at radius 3 is 2.61 bits per heavy atom. The smallest absolute Gasteiger partial charge is 0.374 e. The van der Waals surface area contributed by atoms with Crippen LogP contribution >= 0.6 is 0 Å². The number of aromatic nitrogens is 2. The van der Waals surface area contributed by atoms with Gasteiger partial charge >= 0.3 is 7.05 Å². The summed E-state index contributed by atoms with van der Waals surface area (Å²) in [6, 6.07) is 9.33. The molecule has 1 aromatic carbocycles. The van der Waals surface area contributed by atoms with E-state index in [2.05, 4.69) is 20.5 Å². The molecule has 1 amide bonds. The molecule has 1 aliphatic heterocycles. The molecule has 1 saturated heterocycles. The number of hydrogen-bond donors (Lipinski definition) is 3. The summed E-state index contributed by atoms with van der Waals surface area (Å²) < 4.78 is 6.80. The highest BCUT2D eigenvalue weighted by Crippen LogP contribution is 2.23. The van der Waals surface area contributed by atoms with Crippen molar-refractivity contribution in [1.82, 2.24) is 19.9 Å². The number of piperazine rings is 1. The van der Waals surface area contributed by atoms with Gasteiger partial charge in [-0.3, -0.25) is 9.59 Å². The molecular formula is C22H33BN6O4. The lowest BCUT2D eigenvalue weighted by molar-refractivity contribution is -0.130. The van der Waals surface area contributed by atoms with E-state index >= 15 is 0 Å². The first-order chi connectivity index (χ1) is 16.0. The maximum atomic E-state index is 13.4. The predicted octanol–water partition coefficient (Wildman–Crippen LogP) is 0.420. The highest BCUT2D eigenvalue weighted by molar-refractivity contribution is 6.45. The number of nitrogens with one attached hydrogen (secondary N) is 2. The standard InChI is InChI=1S/C22H33BN6O4/c1-3-33-15-7-10-24-21-19(16-26-29(22(21)31)18-8-5-4-6-9-18)27-11-13-28(14-12-27)20(30)17-25-23(2)32/h4-6,8-9,16,24-25,32H,3,7,10-15,17H2,1-2H3. The van der Waals surface area contributed by atoms with Crippen LogP contribution in [0.3, 0.4) is 0 Å². The molecule has 1 fully saturated rings. The molecule has 0 radical (unpaired) electrons. The number of nitrogens with zero attached hydrogens (tertiary/aromatic N) is 4. The number of carbonyl (C=O) groups is 1. The van der Waals surface area contributed by atoms with E-state index in [0.29, 0.717) is 57.3 Å². The van der Waals surface area contributed by atoms with E-state index in [1.165, 1.54) is 4.68 Å². The summed E-state index contributed by atoms with van der Waals surface area (Å²) in [5.74, 6) is -0.0533. The minimum Gasteiger partial charge on any atom is -0.437 e. The first-order valence-corrected chi connectivity index (χ1v) is 11.4. The first kappa shape index (κ1) is 24.8. The van der Waals surface area contributed by atoms with Gasteiger partial charge < -0.3 is 30.1 Å². The summed E-state index contributed by atoms with van der Waals surface area (Å²) in [5.41, 5.74) is 1.72. The van der Waals surface area contributed by atoms with Crippen molar-refractivity contribution in [3.05, 3.63) is 46.9 Å². The van der Waals surface area contributed by atoms with Crippen LogP contribution in [-0.4, -0.2) is 85.1 Å². The van der Waals surface area contributed by atoms with Crippen molar-refractivity contribution < 1.29 is 14.6 Å². The molecule has 0 bridgehead atoms. The average Bonchev–Trinajstić information content (AvgIpc) is 2.83. The number of anilines is 2. The van der Waals surface area contributed by atoms with Crippen molar-refractivity contribution in [3.8, 4) is 5.69 Å². The molecule has 2 aromatic rings. The monoisotopic (exact) mass is 456 g/mol. The normalized spacial score (nSPS) is 13.8. The van der Waals surface area contributed by atoms with Crippen molar-refractivity contribution in [2.45, 2.75) is 20.2 Å². The van der Waals surface area contributed by atoms with Crippen LogP contribution in [0.2, 0.25) is 6.82 Å². The number of amides is 1. The van der Waals surface area contributed by atoms with E-state index in [1.54, 1.807) is 17.9 Å². The molecule has 0 saturated carbocycles. The van der Waals surface area contributed by atoms with Crippen LogP contribution < -0.4 is 21.0 Å². The summed E-state index contributed by atoms with van der Waals surface area (Å²) in [4.78, 5) is 29.5. The van der Waals surface area contributed by atoms with Gasteiger partial charge in [-0.1, -0.05) is 18.2 Å². The molecular weight excluding hydrogens is 423 g/mol. The van der Waals surface area contributed by atoms with Gasteiger partial charge in [0, 0.05) is 45.9 Å². The highest BCUT2D eigenvalue weighted by Gasteiger charge is 2.25. The lowest BCUT2D eigenvalue weighted by atomic mass is 9.89. The quantitative estimate of drug-likeness (QED) is 0.330. The molecule has 3 N–H and O–H groups in total. The van der Waals surface area contributed by atoms with Crippen molar-refractivity contribution in [3.63, 3.8) is 0 Å². The van der Waals surface area contributed by atoms with Crippen LogP contribution in [0.5, 0.6) is 0 Å². The van der Waals surface area contributed by atoms with E-state index in [4.69, 9.17) is 4.74 Å². The van der Waals surface area contributed by atoms with Crippen molar-refractivity contribution >= 4 is 24.3 Å². The van der Waals surface area contributed by atoms with Crippen molar-refractivity contribution in [1.29, 1.82) is 0 Å². The Hall–Kier alpha value is -2.89. The number of carbonyl (C=O) groups excluding carboxylic acids is 1. The zero-order valence-corrected chi connectivity index (χ0v) is 19.4. The Morgan fingerprint density at radius 2 is 1.94 bits per heavy atom. The largest absolute Gasteiger partial charge is 0.437 e. The predicted molar refractivity (Wildman–Crippen MR) is 130 cm³/mol. The van der Waals surface area contributed by atoms with Crippen LogP contribution in [0.4, 0.5) is 11.4 Å². The number of para-hydroxylation sites is 1. The summed E-state index contributed by atoms with van der Waals surface area (Å²) in [5, 5.41) is 19.8. The van der Waals surface area contributed by atoms with Gasteiger partial charge in [0.25, 0.3) is 5.56 Å². The Bertz CT molecular complexity index is 948. The second-order valence-corrected chi connectivity index (χ2v) is 7.86. The number of hydrogen-bond acceptors (Lipinski definition) is 8. The SMILES string of the molecule is CCOCCCNc1c(N2CCN(C(=O)CNB(C)O)CC2)cnn(-c2ccccc2)c1=O. The topological polar surface area (TPSA) is 112 Å². The minimum absolute atomic E-state index is 0.0533. The Labute approximate surface area is 194 Å². The van der Waals surface area contributed by atoms with E-state index in [1.807, 2.05) is 37.3 Å². The number of ether oxygens (including phenoxy) is 1. The van der Waals surface area contributed by atoms with Crippen molar-refractivity contribution in [2.75, 3.05) is 62.7 Å². The summed E-state index contributed by atoms with van der Waals surface area (Å²) in [6.45, 7) is 7.77. The third kappa shape index (κ3) is 6.80. The zero-order valence-electron chi connectivity index (χ0n) is 19.4. The summed E-state index contributed by atoms with van der Waals surface area (Å²) in [7, 11) is -0.728. The molecule has 1 aliphatic rings. The van der Waals surface area contributed by atoms with Gasteiger partial charge in [0.1, 0.15) is 5.69 Å². The lowest BCUT2D eigenvalue weighted by Gasteiger charge is -2.36. The maximum absolute atomic E-state index is 13.4. The van der Waals surface area contributed by atoms with Gasteiger partial charge in [0.05, 0.1) is 24.1 Å². The fourth-order valence-electron chi connectivity index (χ4n) is 3.68. The molecule has 0 spiro atoms. The molecule has 3 rings (SSSR count). The molecule has 178 valence electrons. The average molecular weight is 456 g/mol. The van der Waals surface area contributed by atoms with Crippen LogP contribution in [0.1, 0.15) is 13.3 Å². The second kappa shape index (κ2) is 12.4. The van der Waals surface area contributed by atoms with Crippen LogP contribution in [-0.2, 0) is 9.53 Å². The van der Waals surface area contributed by atoms with E-state index < -0.39 is 7.05 Å². The molecule has 0 aliphatic carbocycles. The number of benzene rings is 1. The maximum Gasteiger partial charge on any atom is 0.374 e. The summed E-state index contributed by atoms with van der Waals surface area (Å²) in [6.07, 6.45) is 2.49. The van der Waals surface area contributed by atoms with Crippen LogP contribution in [0.25, 0.3) is 5.69 Å². The summed E-state index contributed by atoms with van der Waals surface area (Å²) >= 11 is 0. The first-order valence-electron chi connectivity index (χ1n) is 11.4. The minimum atomic E-state index is -0.728. The zero-order chi connectivity index (χ0) is 23.6. The van der Waals surface area contributed by atoms with Gasteiger partial charge in [-0.15, -0.1) is 0 Å². The number of rotatable bonds is 11.